The summed E-state index contributed by atoms with van der Waals surface area (Å²) < 4.78 is 12.0. The highest BCUT2D eigenvalue weighted by molar-refractivity contribution is 9.10. The van der Waals surface area contributed by atoms with Gasteiger partial charge < -0.3 is 14.8 Å². The number of anilines is 2. The zero-order valence-corrected chi connectivity index (χ0v) is 14.1. The molecule has 1 fully saturated rings. The normalized spacial score (nSPS) is 18.0. The first-order valence-electron chi connectivity index (χ1n) is 7.40. The number of benzene rings is 2. The molecule has 2 aromatic rings. The number of carbonyl (C=O) groups excluding carboxylic acids is 2. The molecule has 0 unspecified atom stereocenters. The zero-order chi connectivity index (χ0) is 16.7. The topological polar surface area (TPSA) is 67.9 Å². The molecule has 2 aromatic carbocycles. The fourth-order valence-electron chi connectivity index (χ4n) is 2.93. The molecule has 2 aliphatic rings. The Kier molecular flexibility index (Phi) is 3.64. The first kappa shape index (κ1) is 15.3. The molecule has 0 bridgehead atoms. The van der Waals surface area contributed by atoms with Crippen molar-refractivity contribution < 1.29 is 19.1 Å². The molecule has 7 heteroatoms. The van der Waals surface area contributed by atoms with E-state index in [1.54, 1.807) is 42.5 Å². The van der Waals surface area contributed by atoms with Crippen LogP contribution in [0.25, 0.3) is 0 Å². The lowest BCUT2D eigenvalue weighted by atomic mass is 10.1. The summed E-state index contributed by atoms with van der Waals surface area (Å²) in [7, 11) is 0. The summed E-state index contributed by atoms with van der Waals surface area (Å²) in [5.74, 6) is -2.07. The predicted octanol–water partition coefficient (Wildman–Crippen LogP) is 3.23. The highest BCUT2D eigenvalue weighted by Crippen LogP contribution is 2.46. The van der Waals surface area contributed by atoms with Gasteiger partial charge >= 0.3 is 11.9 Å². The number of amides is 3. The first-order valence-corrected chi connectivity index (χ1v) is 8.20. The summed E-state index contributed by atoms with van der Waals surface area (Å²) in [6, 6.07) is 13.6. The summed E-state index contributed by atoms with van der Waals surface area (Å²) in [5.41, 5.74) is 1.59. The van der Waals surface area contributed by atoms with E-state index in [0.717, 1.165) is 9.37 Å². The van der Waals surface area contributed by atoms with Crippen molar-refractivity contribution in [1.82, 2.24) is 0 Å². The van der Waals surface area contributed by atoms with Gasteiger partial charge in [-0.25, -0.2) is 9.69 Å². The first-order chi connectivity index (χ1) is 11.6. The minimum absolute atomic E-state index is 0.297. The number of fused-ring (bicyclic) bond motifs is 2. The van der Waals surface area contributed by atoms with E-state index in [9.17, 15) is 9.59 Å². The van der Waals surface area contributed by atoms with Crippen LogP contribution in [0.2, 0.25) is 0 Å². The van der Waals surface area contributed by atoms with Crippen molar-refractivity contribution in [2.45, 2.75) is 5.79 Å². The molecule has 1 N–H and O–H groups in total. The van der Waals surface area contributed by atoms with E-state index in [-0.39, 0.29) is 0 Å². The summed E-state index contributed by atoms with van der Waals surface area (Å²) >= 11 is 3.38. The number of imide groups is 1. The second-order valence-electron chi connectivity index (χ2n) is 5.41. The van der Waals surface area contributed by atoms with Gasteiger partial charge in [0.05, 0.1) is 18.9 Å². The van der Waals surface area contributed by atoms with Gasteiger partial charge in [-0.2, -0.15) is 0 Å². The van der Waals surface area contributed by atoms with E-state index in [1.165, 1.54) is 0 Å². The quantitative estimate of drug-likeness (QED) is 0.814. The molecule has 0 saturated carbocycles. The van der Waals surface area contributed by atoms with Crippen molar-refractivity contribution in [2.75, 3.05) is 23.4 Å². The molecule has 24 heavy (non-hydrogen) atoms. The third kappa shape index (κ3) is 2.24. The number of halogens is 1. The Morgan fingerprint density at radius 3 is 2.54 bits per heavy atom. The van der Waals surface area contributed by atoms with Gasteiger partial charge in [0.25, 0.3) is 5.79 Å². The van der Waals surface area contributed by atoms with Gasteiger partial charge in [0.1, 0.15) is 0 Å². The summed E-state index contributed by atoms with van der Waals surface area (Å²) in [4.78, 5) is 26.7. The SMILES string of the molecule is O=C(Nc1ccccc1)N1C(=O)C2(OCCO2)c2cc(Br)ccc21. The van der Waals surface area contributed by atoms with Crippen molar-refractivity contribution in [3.05, 3.63) is 58.6 Å². The molecule has 0 radical (unpaired) electrons. The molecule has 1 saturated heterocycles. The van der Waals surface area contributed by atoms with Crippen molar-refractivity contribution >= 4 is 39.2 Å². The van der Waals surface area contributed by atoms with Crippen molar-refractivity contribution in [1.29, 1.82) is 0 Å². The van der Waals surface area contributed by atoms with Crippen LogP contribution in [0.1, 0.15) is 5.56 Å². The Hall–Kier alpha value is -2.22. The van der Waals surface area contributed by atoms with Crippen LogP contribution in [0.15, 0.2) is 53.0 Å². The van der Waals surface area contributed by atoms with Gasteiger partial charge in [-0.1, -0.05) is 34.1 Å². The van der Waals surface area contributed by atoms with Gasteiger partial charge in [0, 0.05) is 15.7 Å². The largest absolute Gasteiger partial charge is 0.336 e. The van der Waals surface area contributed by atoms with Crippen LogP contribution in [-0.4, -0.2) is 25.2 Å². The Morgan fingerprint density at radius 1 is 1.12 bits per heavy atom. The number of nitrogens with zero attached hydrogens (tertiary/aromatic N) is 1. The number of urea groups is 1. The molecule has 2 heterocycles. The van der Waals surface area contributed by atoms with E-state index < -0.39 is 17.7 Å². The van der Waals surface area contributed by atoms with E-state index in [2.05, 4.69) is 21.2 Å². The Balaban J connectivity index is 1.74. The second-order valence-corrected chi connectivity index (χ2v) is 6.33. The molecular weight excluding hydrogens is 376 g/mol. The maximum atomic E-state index is 12.9. The summed E-state index contributed by atoms with van der Waals surface area (Å²) in [5, 5.41) is 2.72. The van der Waals surface area contributed by atoms with E-state index in [0.29, 0.717) is 30.2 Å². The van der Waals surface area contributed by atoms with Crippen LogP contribution in [0.3, 0.4) is 0 Å². The van der Waals surface area contributed by atoms with Crippen molar-refractivity contribution in [3.8, 4) is 0 Å². The molecule has 2 aliphatic heterocycles. The molecule has 4 rings (SSSR count). The smallest absolute Gasteiger partial charge is 0.333 e. The van der Waals surface area contributed by atoms with Crippen LogP contribution in [0.4, 0.5) is 16.2 Å². The maximum absolute atomic E-state index is 12.9. The highest BCUT2D eigenvalue weighted by Gasteiger charge is 2.58. The van der Waals surface area contributed by atoms with Crippen LogP contribution in [-0.2, 0) is 20.1 Å². The van der Waals surface area contributed by atoms with Gasteiger partial charge in [-0.05, 0) is 30.3 Å². The average Bonchev–Trinajstić information content (AvgIpc) is 3.15. The lowest BCUT2D eigenvalue weighted by Crippen LogP contribution is -2.45. The molecule has 6 nitrogen and oxygen atoms in total. The number of hydrogen-bond acceptors (Lipinski definition) is 4. The molecule has 0 atom stereocenters. The standard InChI is InChI=1S/C17H13BrN2O4/c18-11-6-7-14-13(10-11)17(23-8-9-24-17)15(21)20(14)16(22)19-12-4-2-1-3-5-12/h1-7,10H,8-9H2,(H,19,22). The fraction of sp³-hybridized carbons (Fsp3) is 0.176. The van der Waals surface area contributed by atoms with Crippen LogP contribution >= 0.6 is 15.9 Å². The van der Waals surface area contributed by atoms with Gasteiger partial charge in [0.15, 0.2) is 0 Å². The molecule has 3 amide bonds. The third-order valence-corrected chi connectivity index (χ3v) is 4.45. The molecular formula is C17H13BrN2O4. The average molecular weight is 389 g/mol. The number of nitrogens with one attached hydrogen (secondary N) is 1. The predicted molar refractivity (Wildman–Crippen MR) is 90.7 cm³/mol. The Morgan fingerprint density at radius 2 is 1.83 bits per heavy atom. The summed E-state index contributed by atoms with van der Waals surface area (Å²) in [6.45, 7) is 0.595. The number of ether oxygens (including phenoxy) is 2. The van der Waals surface area contributed by atoms with Crippen LogP contribution in [0.5, 0.6) is 0 Å². The van der Waals surface area contributed by atoms with Gasteiger partial charge in [-0.3, -0.25) is 4.79 Å². The third-order valence-electron chi connectivity index (χ3n) is 3.96. The molecule has 1 spiro atoms. The highest BCUT2D eigenvalue weighted by atomic mass is 79.9. The minimum atomic E-state index is -1.53. The number of rotatable bonds is 1. The number of para-hydroxylation sites is 1. The van der Waals surface area contributed by atoms with E-state index in [1.807, 2.05) is 6.07 Å². The lowest BCUT2D eigenvalue weighted by Gasteiger charge is -2.21. The Labute approximate surface area is 146 Å². The zero-order valence-electron chi connectivity index (χ0n) is 12.5. The lowest BCUT2D eigenvalue weighted by molar-refractivity contribution is -0.180. The molecule has 0 aromatic heterocycles. The second kappa shape index (κ2) is 5.70. The van der Waals surface area contributed by atoms with E-state index >= 15 is 0 Å². The van der Waals surface area contributed by atoms with Crippen molar-refractivity contribution in [3.63, 3.8) is 0 Å². The molecule has 0 aliphatic carbocycles. The monoisotopic (exact) mass is 388 g/mol. The Bertz CT molecular complexity index is 819. The number of hydrogen-bond donors (Lipinski definition) is 1. The van der Waals surface area contributed by atoms with Crippen molar-refractivity contribution in [2.24, 2.45) is 0 Å². The maximum Gasteiger partial charge on any atom is 0.333 e. The number of carbonyl (C=O) groups is 2. The van der Waals surface area contributed by atoms with Gasteiger partial charge in [0.2, 0.25) is 0 Å². The van der Waals surface area contributed by atoms with Gasteiger partial charge in [-0.15, -0.1) is 0 Å². The summed E-state index contributed by atoms with van der Waals surface area (Å²) in [6.07, 6.45) is 0. The molecule has 122 valence electrons. The van der Waals surface area contributed by atoms with E-state index in [4.69, 9.17) is 9.47 Å². The minimum Gasteiger partial charge on any atom is -0.336 e. The van der Waals surface area contributed by atoms with Crippen LogP contribution < -0.4 is 10.2 Å². The van der Waals surface area contributed by atoms with Crippen LogP contribution in [0, 0.1) is 0 Å². The fourth-order valence-corrected chi connectivity index (χ4v) is 3.29.